The molecule has 0 saturated carbocycles. The predicted molar refractivity (Wildman–Crippen MR) is 64.6 cm³/mol. The topological polar surface area (TPSA) is 75.6 Å². The zero-order valence-electron chi connectivity index (χ0n) is 11.0. The van der Waals surface area contributed by atoms with E-state index in [0.717, 1.165) is 19.3 Å². The normalized spacial score (nSPS) is 16.3. The molecule has 8 heteroatoms. The molecule has 2 N–H and O–H groups in total. The van der Waals surface area contributed by atoms with Gasteiger partial charge in [-0.1, -0.05) is 18.2 Å². The summed E-state index contributed by atoms with van der Waals surface area (Å²) >= 11 is 0. The first-order chi connectivity index (χ1) is 9.15. The van der Waals surface area contributed by atoms with Crippen molar-refractivity contribution in [1.82, 2.24) is 5.32 Å². The first-order valence-corrected chi connectivity index (χ1v) is 5.55. The van der Waals surface area contributed by atoms with Crippen LogP contribution in [0.15, 0.2) is 24.8 Å². The highest BCUT2D eigenvalue weighted by molar-refractivity contribution is 5.91. The molecule has 0 aliphatic rings. The number of alkyl halides is 3. The standard InChI is InChI=1S/C12H16F3NO4/c1-4-6-8(17)11(7-5-2,10(19)20-3)16-9(18)12(13,14)15/h4-6,8,17H,2,7H2,1,3H3,(H,16,18)/b6-4+/t8-,11-/m1/s1. The zero-order chi connectivity index (χ0) is 16.0. The fourth-order valence-corrected chi connectivity index (χ4v) is 1.53. The van der Waals surface area contributed by atoms with Gasteiger partial charge in [-0.15, -0.1) is 6.58 Å². The number of aliphatic hydroxyl groups excluding tert-OH is 1. The smallest absolute Gasteiger partial charge is 0.467 e. The molecule has 5 nitrogen and oxygen atoms in total. The van der Waals surface area contributed by atoms with Crippen LogP contribution in [0.3, 0.4) is 0 Å². The summed E-state index contributed by atoms with van der Waals surface area (Å²) in [6.45, 7) is 4.79. The van der Waals surface area contributed by atoms with Crippen LogP contribution in [0, 0.1) is 0 Å². The van der Waals surface area contributed by atoms with Gasteiger partial charge in [0.25, 0.3) is 0 Å². The summed E-state index contributed by atoms with van der Waals surface area (Å²) in [5, 5.41) is 11.4. The first-order valence-electron chi connectivity index (χ1n) is 5.55. The van der Waals surface area contributed by atoms with E-state index >= 15 is 0 Å². The van der Waals surface area contributed by atoms with Gasteiger partial charge in [0.2, 0.25) is 0 Å². The van der Waals surface area contributed by atoms with E-state index in [0.29, 0.717) is 0 Å². The Kier molecular flexibility index (Phi) is 6.44. The molecule has 0 aromatic heterocycles. The fourth-order valence-electron chi connectivity index (χ4n) is 1.53. The van der Waals surface area contributed by atoms with E-state index < -0.39 is 36.1 Å². The van der Waals surface area contributed by atoms with E-state index in [9.17, 15) is 27.9 Å². The van der Waals surface area contributed by atoms with E-state index in [1.54, 1.807) is 0 Å². The molecule has 0 rings (SSSR count). The van der Waals surface area contributed by atoms with Gasteiger partial charge in [0.1, 0.15) is 6.10 Å². The number of hydrogen-bond acceptors (Lipinski definition) is 4. The van der Waals surface area contributed by atoms with Crippen molar-refractivity contribution in [3.8, 4) is 0 Å². The molecule has 0 unspecified atom stereocenters. The van der Waals surface area contributed by atoms with Gasteiger partial charge in [-0.05, 0) is 6.92 Å². The van der Waals surface area contributed by atoms with E-state index in [1.807, 2.05) is 0 Å². The van der Waals surface area contributed by atoms with Crippen LogP contribution < -0.4 is 5.32 Å². The highest BCUT2D eigenvalue weighted by Crippen LogP contribution is 2.23. The Bertz CT molecular complexity index is 406. The van der Waals surface area contributed by atoms with Gasteiger partial charge in [-0.25, -0.2) is 4.79 Å². The average Bonchev–Trinajstić information content (AvgIpc) is 2.36. The highest BCUT2D eigenvalue weighted by Gasteiger charge is 2.51. The van der Waals surface area contributed by atoms with E-state index in [4.69, 9.17) is 0 Å². The molecule has 0 fully saturated rings. The van der Waals surface area contributed by atoms with Crippen LogP contribution in [0.25, 0.3) is 0 Å². The molecular formula is C12H16F3NO4. The minimum Gasteiger partial charge on any atom is -0.467 e. The first kappa shape index (κ1) is 18.2. The predicted octanol–water partition coefficient (Wildman–Crippen LogP) is 1.09. The third-order valence-corrected chi connectivity index (χ3v) is 2.49. The number of ether oxygens (including phenoxy) is 1. The SMILES string of the molecule is C=CC[C@](NC(=O)C(F)(F)F)(C(=O)OC)[C@H](O)/C=C/C. The number of allylic oxidation sites excluding steroid dienone is 1. The van der Waals surface area contributed by atoms with Crippen molar-refractivity contribution in [2.24, 2.45) is 0 Å². The summed E-state index contributed by atoms with van der Waals surface area (Å²) in [7, 11) is 0.933. The van der Waals surface area contributed by atoms with Crippen LogP contribution >= 0.6 is 0 Å². The number of esters is 1. The van der Waals surface area contributed by atoms with Crippen LogP contribution in [-0.4, -0.2) is 41.9 Å². The molecule has 0 spiro atoms. The number of amides is 1. The lowest BCUT2D eigenvalue weighted by atomic mass is 9.87. The van der Waals surface area contributed by atoms with Gasteiger partial charge in [0.15, 0.2) is 5.54 Å². The van der Waals surface area contributed by atoms with Gasteiger partial charge >= 0.3 is 18.1 Å². The molecule has 0 heterocycles. The lowest BCUT2D eigenvalue weighted by Gasteiger charge is -2.34. The van der Waals surface area contributed by atoms with E-state index in [-0.39, 0.29) is 0 Å². The Morgan fingerprint density at radius 2 is 2.00 bits per heavy atom. The van der Waals surface area contributed by atoms with Gasteiger partial charge in [0.05, 0.1) is 7.11 Å². The summed E-state index contributed by atoms with van der Waals surface area (Å²) in [5.74, 6) is -3.56. The van der Waals surface area contributed by atoms with Crippen LogP contribution in [0.2, 0.25) is 0 Å². The Hall–Kier alpha value is -1.83. The summed E-state index contributed by atoms with van der Waals surface area (Å²) < 4.78 is 41.4. The minimum absolute atomic E-state index is 0.438. The van der Waals surface area contributed by atoms with Crippen molar-refractivity contribution in [3.05, 3.63) is 24.8 Å². The number of rotatable bonds is 6. The van der Waals surface area contributed by atoms with Crippen LogP contribution in [-0.2, 0) is 14.3 Å². The van der Waals surface area contributed by atoms with Crippen molar-refractivity contribution in [2.75, 3.05) is 7.11 Å². The summed E-state index contributed by atoms with van der Waals surface area (Å²) in [4.78, 5) is 22.8. The number of halogens is 3. The monoisotopic (exact) mass is 295 g/mol. The van der Waals surface area contributed by atoms with E-state index in [1.165, 1.54) is 18.3 Å². The van der Waals surface area contributed by atoms with Crippen molar-refractivity contribution in [1.29, 1.82) is 0 Å². The van der Waals surface area contributed by atoms with Gasteiger partial charge in [0, 0.05) is 6.42 Å². The summed E-state index contributed by atoms with van der Waals surface area (Å²) in [5.41, 5.74) is -2.28. The van der Waals surface area contributed by atoms with Crippen molar-refractivity contribution in [2.45, 2.75) is 31.2 Å². The third kappa shape index (κ3) is 4.09. The third-order valence-electron chi connectivity index (χ3n) is 2.49. The zero-order valence-corrected chi connectivity index (χ0v) is 11.0. The lowest BCUT2D eigenvalue weighted by molar-refractivity contribution is -0.180. The Labute approximate surface area is 114 Å². The van der Waals surface area contributed by atoms with Crippen LogP contribution in [0.4, 0.5) is 13.2 Å². The van der Waals surface area contributed by atoms with Gasteiger partial charge in [-0.2, -0.15) is 13.2 Å². The maximum Gasteiger partial charge on any atom is 0.471 e. The second kappa shape index (κ2) is 7.09. The molecule has 0 aliphatic heterocycles. The molecule has 0 aromatic rings. The highest BCUT2D eigenvalue weighted by atomic mass is 19.4. The molecule has 0 bridgehead atoms. The van der Waals surface area contributed by atoms with Gasteiger partial charge < -0.3 is 15.2 Å². The van der Waals surface area contributed by atoms with Crippen molar-refractivity contribution in [3.63, 3.8) is 0 Å². The molecule has 114 valence electrons. The van der Waals surface area contributed by atoms with Crippen molar-refractivity contribution < 1.29 is 32.6 Å². The number of methoxy groups -OCH3 is 1. The van der Waals surface area contributed by atoms with Gasteiger partial charge in [-0.3, -0.25) is 4.79 Å². The molecule has 0 saturated heterocycles. The molecule has 1 amide bonds. The maximum absolute atomic E-state index is 12.3. The second-order valence-corrected chi connectivity index (χ2v) is 3.88. The maximum atomic E-state index is 12.3. The Morgan fingerprint density at radius 3 is 2.35 bits per heavy atom. The Balaban J connectivity index is 5.68. The molecule has 0 aliphatic carbocycles. The minimum atomic E-state index is -5.20. The van der Waals surface area contributed by atoms with Crippen LogP contribution in [0.5, 0.6) is 0 Å². The quantitative estimate of drug-likeness (QED) is 0.568. The van der Waals surface area contributed by atoms with Crippen molar-refractivity contribution >= 4 is 11.9 Å². The van der Waals surface area contributed by atoms with E-state index in [2.05, 4.69) is 11.3 Å². The lowest BCUT2D eigenvalue weighted by Crippen LogP contribution is -2.63. The number of hydrogen-bond donors (Lipinski definition) is 2. The number of aliphatic hydroxyl groups is 1. The summed E-state index contributed by atoms with van der Waals surface area (Å²) in [6, 6.07) is 0. The molecule has 2 atom stereocenters. The molecule has 0 radical (unpaired) electrons. The number of nitrogens with one attached hydrogen (secondary N) is 1. The largest absolute Gasteiger partial charge is 0.471 e. The fraction of sp³-hybridized carbons (Fsp3) is 0.500. The molecule has 0 aromatic carbocycles. The molecule has 20 heavy (non-hydrogen) atoms. The number of carbonyl (C=O) groups is 2. The molecular weight excluding hydrogens is 279 g/mol. The average molecular weight is 295 g/mol. The number of carbonyl (C=O) groups excluding carboxylic acids is 2. The second-order valence-electron chi connectivity index (χ2n) is 3.88. The Morgan fingerprint density at radius 1 is 1.45 bits per heavy atom. The summed E-state index contributed by atoms with van der Waals surface area (Å²) in [6.07, 6.45) is -3.85. The van der Waals surface area contributed by atoms with Crippen LogP contribution in [0.1, 0.15) is 13.3 Å².